The first-order chi connectivity index (χ1) is 11.3. The Labute approximate surface area is 131 Å². The maximum atomic E-state index is 12.7. The van der Waals surface area contributed by atoms with E-state index in [1.54, 1.807) is 6.07 Å². The zero-order chi connectivity index (χ0) is 15.4. The summed E-state index contributed by atoms with van der Waals surface area (Å²) in [5.41, 5.74) is 1.63. The first kappa shape index (κ1) is 12.4. The molecule has 0 bridgehead atoms. The number of rotatable bonds is 1. The molecule has 1 aromatic heterocycles. The maximum absolute atomic E-state index is 12.7. The third-order valence-electron chi connectivity index (χ3n) is 4.44. The van der Waals surface area contributed by atoms with E-state index < -0.39 is 0 Å². The van der Waals surface area contributed by atoms with Gasteiger partial charge in [0.05, 0.1) is 0 Å². The predicted molar refractivity (Wildman–Crippen MR) is 94.1 cm³/mol. The molecule has 2 nitrogen and oxygen atoms in total. The summed E-state index contributed by atoms with van der Waals surface area (Å²) in [6.45, 7) is 0. The molecule has 108 valence electrons. The monoisotopic (exact) mass is 296 g/mol. The van der Waals surface area contributed by atoms with Crippen LogP contribution in [0.25, 0.3) is 43.8 Å². The molecule has 0 unspecified atom stereocenters. The van der Waals surface area contributed by atoms with Crippen LogP contribution in [0.15, 0.2) is 82.0 Å². The van der Waals surface area contributed by atoms with E-state index >= 15 is 0 Å². The summed E-state index contributed by atoms with van der Waals surface area (Å²) >= 11 is 0. The molecule has 5 rings (SSSR count). The zero-order valence-electron chi connectivity index (χ0n) is 12.2. The third kappa shape index (κ3) is 1.72. The fourth-order valence-electron chi connectivity index (χ4n) is 3.35. The molecule has 4 aromatic carbocycles. The van der Waals surface area contributed by atoms with Gasteiger partial charge in [-0.15, -0.1) is 0 Å². The summed E-state index contributed by atoms with van der Waals surface area (Å²) in [5.74, 6) is 0.592. The van der Waals surface area contributed by atoms with Crippen LogP contribution in [0.2, 0.25) is 0 Å². The molecule has 0 aliphatic carbocycles. The molecule has 0 aliphatic rings. The van der Waals surface area contributed by atoms with Crippen LogP contribution in [-0.4, -0.2) is 0 Å². The number of benzene rings is 3. The van der Waals surface area contributed by atoms with E-state index in [0.29, 0.717) is 11.1 Å². The standard InChI is InChI=1S/C21H12O2/c22-17-12-19(13-4-2-1-3-5-13)23-18-11-9-15-7-6-14-8-10-16(17)21(18)20(14)15/h1-12H. The summed E-state index contributed by atoms with van der Waals surface area (Å²) in [4.78, 5) is 12.7. The smallest absolute Gasteiger partial charge is 0.190 e. The molecule has 0 N–H and O–H groups in total. The largest absolute Gasteiger partial charge is 0.456 e. The molecule has 0 amide bonds. The van der Waals surface area contributed by atoms with E-state index in [2.05, 4.69) is 12.1 Å². The second kappa shape index (κ2) is 4.43. The van der Waals surface area contributed by atoms with Crippen molar-refractivity contribution < 1.29 is 4.42 Å². The molecule has 0 fully saturated rings. The lowest BCUT2D eigenvalue weighted by atomic mass is 10.0. The van der Waals surface area contributed by atoms with Gasteiger partial charge in [-0.05, 0) is 22.9 Å². The first-order valence-electron chi connectivity index (χ1n) is 7.58. The van der Waals surface area contributed by atoms with Gasteiger partial charge in [-0.25, -0.2) is 0 Å². The molecule has 0 saturated carbocycles. The lowest BCUT2D eigenvalue weighted by molar-refractivity contribution is 0.624. The van der Waals surface area contributed by atoms with Crippen molar-refractivity contribution >= 4 is 32.5 Å². The van der Waals surface area contributed by atoms with E-state index in [-0.39, 0.29) is 5.43 Å². The van der Waals surface area contributed by atoms with E-state index in [4.69, 9.17) is 4.42 Å². The van der Waals surface area contributed by atoms with Gasteiger partial charge in [0.25, 0.3) is 0 Å². The van der Waals surface area contributed by atoms with Gasteiger partial charge in [-0.2, -0.15) is 0 Å². The van der Waals surface area contributed by atoms with Crippen molar-refractivity contribution in [2.45, 2.75) is 0 Å². The van der Waals surface area contributed by atoms with E-state index in [9.17, 15) is 4.79 Å². The quantitative estimate of drug-likeness (QED) is 0.425. The topological polar surface area (TPSA) is 30.2 Å². The summed E-state index contributed by atoms with van der Waals surface area (Å²) in [7, 11) is 0. The first-order valence-corrected chi connectivity index (χ1v) is 7.58. The van der Waals surface area contributed by atoms with Gasteiger partial charge in [-0.3, -0.25) is 4.79 Å². The van der Waals surface area contributed by atoms with Crippen LogP contribution >= 0.6 is 0 Å². The zero-order valence-corrected chi connectivity index (χ0v) is 12.2. The average molecular weight is 296 g/mol. The van der Waals surface area contributed by atoms with Gasteiger partial charge in [0, 0.05) is 27.8 Å². The summed E-state index contributed by atoms with van der Waals surface area (Å²) in [5, 5.41) is 5.00. The summed E-state index contributed by atoms with van der Waals surface area (Å²) in [6, 6.07) is 23.4. The number of hydrogen-bond acceptors (Lipinski definition) is 2. The lowest BCUT2D eigenvalue weighted by Gasteiger charge is -2.02. The Morgan fingerprint density at radius 3 is 2.17 bits per heavy atom. The lowest BCUT2D eigenvalue weighted by Crippen LogP contribution is -1.95. The van der Waals surface area contributed by atoms with Gasteiger partial charge in [0.15, 0.2) is 5.43 Å². The predicted octanol–water partition coefficient (Wildman–Crippen LogP) is 5.20. The Morgan fingerprint density at radius 2 is 1.39 bits per heavy atom. The van der Waals surface area contributed by atoms with Crippen LogP contribution in [0, 0.1) is 0 Å². The molecular weight excluding hydrogens is 284 g/mol. The number of hydrogen-bond donors (Lipinski definition) is 0. The molecule has 0 spiro atoms. The third-order valence-corrected chi connectivity index (χ3v) is 4.44. The van der Waals surface area contributed by atoms with Crippen LogP contribution in [0.5, 0.6) is 0 Å². The Kier molecular flexibility index (Phi) is 2.39. The molecule has 5 aromatic rings. The van der Waals surface area contributed by atoms with Crippen molar-refractivity contribution in [1.29, 1.82) is 0 Å². The fraction of sp³-hybridized carbons (Fsp3) is 0. The van der Waals surface area contributed by atoms with Crippen molar-refractivity contribution in [1.82, 2.24) is 0 Å². The van der Waals surface area contributed by atoms with Gasteiger partial charge in [-0.1, -0.05) is 54.6 Å². The van der Waals surface area contributed by atoms with Crippen molar-refractivity contribution in [2.75, 3.05) is 0 Å². The molecule has 1 heterocycles. The molecule has 0 saturated heterocycles. The van der Waals surface area contributed by atoms with Crippen LogP contribution in [-0.2, 0) is 0 Å². The summed E-state index contributed by atoms with van der Waals surface area (Å²) in [6.07, 6.45) is 0. The molecular formula is C21H12O2. The van der Waals surface area contributed by atoms with Crippen LogP contribution in [0.3, 0.4) is 0 Å². The second-order valence-electron chi connectivity index (χ2n) is 5.78. The minimum atomic E-state index is -0.0156. The summed E-state index contributed by atoms with van der Waals surface area (Å²) < 4.78 is 6.14. The van der Waals surface area contributed by atoms with Crippen LogP contribution < -0.4 is 5.43 Å². The van der Waals surface area contributed by atoms with Crippen molar-refractivity contribution in [3.8, 4) is 11.3 Å². The van der Waals surface area contributed by atoms with E-state index in [1.807, 2.05) is 54.6 Å². The maximum Gasteiger partial charge on any atom is 0.190 e. The highest BCUT2D eigenvalue weighted by molar-refractivity contribution is 6.22. The van der Waals surface area contributed by atoms with Gasteiger partial charge < -0.3 is 4.42 Å². The van der Waals surface area contributed by atoms with Crippen LogP contribution in [0.4, 0.5) is 0 Å². The Balaban J connectivity index is 2.03. The fourth-order valence-corrected chi connectivity index (χ4v) is 3.35. The minimum Gasteiger partial charge on any atom is -0.456 e. The Morgan fingerprint density at radius 1 is 0.696 bits per heavy atom. The second-order valence-corrected chi connectivity index (χ2v) is 5.78. The highest BCUT2D eigenvalue weighted by Crippen LogP contribution is 2.35. The van der Waals surface area contributed by atoms with Crippen molar-refractivity contribution in [3.05, 3.63) is 83.0 Å². The highest BCUT2D eigenvalue weighted by Gasteiger charge is 2.12. The Bertz CT molecular complexity index is 1200. The van der Waals surface area contributed by atoms with Gasteiger partial charge >= 0.3 is 0 Å². The van der Waals surface area contributed by atoms with Crippen LogP contribution in [0.1, 0.15) is 0 Å². The van der Waals surface area contributed by atoms with E-state index in [1.165, 1.54) is 0 Å². The molecule has 23 heavy (non-hydrogen) atoms. The highest BCUT2D eigenvalue weighted by atomic mass is 16.3. The van der Waals surface area contributed by atoms with E-state index in [0.717, 1.165) is 32.7 Å². The molecule has 2 heteroatoms. The van der Waals surface area contributed by atoms with Crippen molar-refractivity contribution in [2.24, 2.45) is 0 Å². The SMILES string of the molecule is O=c1cc(-c2ccccc2)oc2ccc3ccc4ccc1c2c34. The Hall–Kier alpha value is -3.13. The minimum absolute atomic E-state index is 0.0156. The van der Waals surface area contributed by atoms with Gasteiger partial charge in [0.2, 0.25) is 0 Å². The molecule has 0 radical (unpaired) electrons. The van der Waals surface area contributed by atoms with Crippen molar-refractivity contribution in [3.63, 3.8) is 0 Å². The molecule has 0 aliphatic heterocycles. The van der Waals surface area contributed by atoms with Gasteiger partial charge in [0.1, 0.15) is 11.3 Å². The average Bonchev–Trinajstić information content (AvgIpc) is 2.95. The molecule has 0 atom stereocenters. The normalized spacial score (nSPS) is 11.7.